The third-order valence-electron chi connectivity index (χ3n) is 3.84. The Labute approximate surface area is 101 Å². The molecule has 1 heterocycles. The lowest BCUT2D eigenvalue weighted by Gasteiger charge is -2.38. The minimum atomic E-state index is -0.980. The third-order valence-corrected chi connectivity index (χ3v) is 3.84. The molecule has 17 heavy (non-hydrogen) atoms. The van der Waals surface area contributed by atoms with Gasteiger partial charge in [0.15, 0.2) is 6.10 Å². The Bertz CT molecular complexity index is 324. The van der Waals surface area contributed by atoms with Crippen molar-refractivity contribution >= 4 is 11.9 Å². The molecule has 0 bridgehead atoms. The molecule has 2 unspecified atom stereocenters. The van der Waals surface area contributed by atoms with Gasteiger partial charge in [-0.2, -0.15) is 0 Å². The largest absolute Gasteiger partial charge is 0.479 e. The molecule has 5 heteroatoms. The van der Waals surface area contributed by atoms with E-state index in [-0.39, 0.29) is 11.3 Å². The number of amides is 1. The highest BCUT2D eigenvalue weighted by Gasteiger charge is 2.36. The molecule has 1 aliphatic heterocycles. The summed E-state index contributed by atoms with van der Waals surface area (Å²) in [6, 6.07) is 0. The summed E-state index contributed by atoms with van der Waals surface area (Å²) in [6.45, 7) is 2.83. The molecule has 0 radical (unpaired) electrons. The van der Waals surface area contributed by atoms with E-state index in [1.807, 2.05) is 0 Å². The number of carboxylic acids is 1. The molecule has 96 valence electrons. The van der Waals surface area contributed by atoms with Gasteiger partial charge in [-0.1, -0.05) is 13.3 Å². The monoisotopic (exact) mass is 241 g/mol. The van der Waals surface area contributed by atoms with Crippen LogP contribution in [0.4, 0.5) is 0 Å². The summed E-state index contributed by atoms with van der Waals surface area (Å²) in [6.07, 6.45) is 3.05. The molecule has 1 amide bonds. The van der Waals surface area contributed by atoms with Crippen molar-refractivity contribution in [1.29, 1.82) is 0 Å². The van der Waals surface area contributed by atoms with Crippen LogP contribution in [-0.4, -0.2) is 35.7 Å². The van der Waals surface area contributed by atoms with Crippen LogP contribution in [0.25, 0.3) is 0 Å². The highest BCUT2D eigenvalue weighted by Crippen LogP contribution is 2.39. The predicted molar refractivity (Wildman–Crippen MR) is 60.5 cm³/mol. The van der Waals surface area contributed by atoms with Crippen molar-refractivity contribution in [2.45, 2.75) is 51.2 Å². The molecule has 0 aromatic heterocycles. The highest BCUT2D eigenvalue weighted by atomic mass is 16.5. The minimum absolute atomic E-state index is 0.165. The first-order chi connectivity index (χ1) is 8.00. The topological polar surface area (TPSA) is 75.6 Å². The SMILES string of the molecule is CC1(CNC(=O)C2CCC(C(=O)O)O2)CCC1. The Hall–Kier alpha value is -1.10. The van der Waals surface area contributed by atoms with E-state index in [9.17, 15) is 9.59 Å². The highest BCUT2D eigenvalue weighted by molar-refractivity contribution is 5.82. The average molecular weight is 241 g/mol. The lowest BCUT2D eigenvalue weighted by molar-refractivity contribution is -0.151. The molecule has 2 aliphatic rings. The first kappa shape index (κ1) is 12.4. The number of aliphatic carboxylic acids is 1. The minimum Gasteiger partial charge on any atom is -0.479 e. The standard InChI is InChI=1S/C12H19NO4/c1-12(5-2-6-12)7-13-10(14)8-3-4-9(17-8)11(15)16/h8-9H,2-7H2,1H3,(H,13,14)(H,15,16). The molecule has 0 aromatic carbocycles. The first-order valence-corrected chi connectivity index (χ1v) is 6.16. The average Bonchev–Trinajstić information content (AvgIpc) is 2.72. The first-order valence-electron chi connectivity index (χ1n) is 6.16. The predicted octanol–water partition coefficient (Wildman–Crippen LogP) is 0.925. The van der Waals surface area contributed by atoms with Gasteiger partial charge < -0.3 is 15.2 Å². The van der Waals surface area contributed by atoms with Crippen molar-refractivity contribution in [3.63, 3.8) is 0 Å². The van der Waals surface area contributed by atoms with E-state index in [1.165, 1.54) is 6.42 Å². The Morgan fingerprint density at radius 3 is 2.47 bits per heavy atom. The van der Waals surface area contributed by atoms with Crippen LogP contribution in [0.15, 0.2) is 0 Å². The third kappa shape index (κ3) is 2.77. The van der Waals surface area contributed by atoms with Crippen molar-refractivity contribution in [2.75, 3.05) is 6.54 Å². The van der Waals surface area contributed by atoms with Gasteiger partial charge in [0.05, 0.1) is 0 Å². The van der Waals surface area contributed by atoms with E-state index in [4.69, 9.17) is 9.84 Å². The molecular weight excluding hydrogens is 222 g/mol. The summed E-state index contributed by atoms with van der Waals surface area (Å²) in [7, 11) is 0. The lowest BCUT2D eigenvalue weighted by atomic mass is 9.70. The molecule has 1 aliphatic carbocycles. The fourth-order valence-electron chi connectivity index (χ4n) is 2.38. The summed E-state index contributed by atoms with van der Waals surface area (Å²) in [5.74, 6) is -1.15. The van der Waals surface area contributed by atoms with E-state index in [0.29, 0.717) is 19.4 Å². The molecule has 2 fully saturated rings. The maximum atomic E-state index is 11.8. The molecular formula is C12H19NO4. The van der Waals surface area contributed by atoms with Crippen molar-refractivity contribution < 1.29 is 19.4 Å². The smallest absolute Gasteiger partial charge is 0.332 e. The van der Waals surface area contributed by atoms with Crippen LogP contribution < -0.4 is 5.32 Å². The second kappa shape index (κ2) is 4.64. The van der Waals surface area contributed by atoms with E-state index < -0.39 is 18.2 Å². The van der Waals surface area contributed by atoms with E-state index >= 15 is 0 Å². The van der Waals surface area contributed by atoms with Gasteiger partial charge in [-0.25, -0.2) is 4.79 Å². The fraction of sp³-hybridized carbons (Fsp3) is 0.833. The van der Waals surface area contributed by atoms with Crippen LogP contribution in [0.3, 0.4) is 0 Å². The number of hydrogen-bond donors (Lipinski definition) is 2. The Kier molecular flexibility index (Phi) is 3.38. The summed E-state index contributed by atoms with van der Waals surface area (Å²) in [5, 5.41) is 11.6. The van der Waals surface area contributed by atoms with Gasteiger partial charge in [0, 0.05) is 6.54 Å². The second-order valence-electron chi connectivity index (χ2n) is 5.41. The van der Waals surface area contributed by atoms with Gasteiger partial charge in [-0.15, -0.1) is 0 Å². The number of carboxylic acid groups (broad SMARTS) is 1. The van der Waals surface area contributed by atoms with Crippen LogP contribution in [-0.2, 0) is 14.3 Å². The molecule has 5 nitrogen and oxygen atoms in total. The molecule has 0 aromatic rings. The zero-order valence-corrected chi connectivity index (χ0v) is 10.1. The van der Waals surface area contributed by atoms with Gasteiger partial charge in [-0.3, -0.25) is 4.79 Å². The van der Waals surface area contributed by atoms with Crippen molar-refractivity contribution in [2.24, 2.45) is 5.41 Å². The van der Waals surface area contributed by atoms with Gasteiger partial charge >= 0.3 is 5.97 Å². The summed E-state index contributed by atoms with van der Waals surface area (Å²) in [4.78, 5) is 22.5. The molecule has 2 rings (SSSR count). The van der Waals surface area contributed by atoms with E-state index in [0.717, 1.165) is 12.8 Å². The zero-order valence-electron chi connectivity index (χ0n) is 10.1. The van der Waals surface area contributed by atoms with Gasteiger partial charge in [0.25, 0.3) is 0 Å². The van der Waals surface area contributed by atoms with Crippen molar-refractivity contribution in [3.05, 3.63) is 0 Å². The van der Waals surface area contributed by atoms with Crippen molar-refractivity contribution in [1.82, 2.24) is 5.32 Å². The molecule has 0 spiro atoms. The maximum absolute atomic E-state index is 11.8. The van der Waals surface area contributed by atoms with E-state index in [1.54, 1.807) is 0 Å². The Balaban J connectivity index is 1.75. The number of nitrogens with one attached hydrogen (secondary N) is 1. The Morgan fingerprint density at radius 2 is 2.00 bits per heavy atom. The number of ether oxygens (including phenoxy) is 1. The quantitative estimate of drug-likeness (QED) is 0.767. The Morgan fingerprint density at radius 1 is 1.35 bits per heavy atom. The van der Waals surface area contributed by atoms with Crippen LogP contribution in [0.1, 0.15) is 39.0 Å². The number of rotatable bonds is 4. The number of carbonyl (C=O) groups is 2. The number of carbonyl (C=O) groups excluding carboxylic acids is 1. The van der Waals surface area contributed by atoms with Crippen LogP contribution >= 0.6 is 0 Å². The van der Waals surface area contributed by atoms with Gasteiger partial charge in [0.2, 0.25) is 5.91 Å². The second-order valence-corrected chi connectivity index (χ2v) is 5.41. The lowest BCUT2D eigenvalue weighted by Crippen LogP contribution is -2.43. The zero-order chi connectivity index (χ0) is 12.5. The van der Waals surface area contributed by atoms with Gasteiger partial charge in [-0.05, 0) is 31.1 Å². The fourth-order valence-corrected chi connectivity index (χ4v) is 2.38. The molecule has 1 saturated carbocycles. The van der Waals surface area contributed by atoms with Crippen molar-refractivity contribution in [3.8, 4) is 0 Å². The summed E-state index contributed by atoms with van der Waals surface area (Å²) in [5.41, 5.74) is 0.237. The van der Waals surface area contributed by atoms with Crippen LogP contribution in [0.2, 0.25) is 0 Å². The van der Waals surface area contributed by atoms with E-state index in [2.05, 4.69) is 12.2 Å². The number of hydrogen-bond acceptors (Lipinski definition) is 3. The summed E-state index contributed by atoms with van der Waals surface area (Å²) < 4.78 is 5.19. The van der Waals surface area contributed by atoms with Gasteiger partial charge in [0.1, 0.15) is 6.10 Å². The molecule has 2 atom stereocenters. The van der Waals surface area contributed by atoms with Crippen LogP contribution in [0, 0.1) is 5.41 Å². The summed E-state index contributed by atoms with van der Waals surface area (Å²) >= 11 is 0. The van der Waals surface area contributed by atoms with Crippen LogP contribution in [0.5, 0.6) is 0 Å². The molecule has 1 saturated heterocycles. The normalized spacial score (nSPS) is 30.6. The molecule has 2 N–H and O–H groups in total. The maximum Gasteiger partial charge on any atom is 0.332 e.